The number of carbonyl (C=O) groups excluding carboxylic acids is 1. The molecular formula is C5H7NO+. The molecule has 0 aromatic heterocycles. The van der Waals surface area contributed by atoms with Crippen molar-refractivity contribution in [3.05, 3.63) is 13.8 Å². The molecule has 0 saturated carbocycles. The lowest BCUT2D eigenvalue weighted by Crippen LogP contribution is -2.09. The zero-order valence-electron chi connectivity index (χ0n) is 4.27. The number of hydrogen-bond donors (Lipinski definition) is 0. The topological polar surface area (TPSA) is 29.4 Å². The minimum absolute atomic E-state index is 0.748. The first kappa shape index (κ1) is 6.25. The van der Waals surface area contributed by atoms with Gasteiger partial charge in [0.15, 0.2) is 0 Å². The molecule has 0 unspecified atom stereocenters. The van der Waals surface area contributed by atoms with E-state index in [-0.39, 0.29) is 0 Å². The SMILES string of the molecule is [CH2]C([CH2+])(C)N=C=O. The van der Waals surface area contributed by atoms with Gasteiger partial charge in [-0.3, -0.25) is 0 Å². The Labute approximate surface area is 43.3 Å². The molecule has 0 aromatic rings. The quantitative estimate of drug-likeness (QED) is 0.269. The maximum absolute atomic E-state index is 9.45. The summed E-state index contributed by atoms with van der Waals surface area (Å²) in [6.45, 7) is 8.46. The van der Waals surface area contributed by atoms with Gasteiger partial charge in [0.2, 0.25) is 11.6 Å². The standard InChI is InChI=1S/C5H7NO/c1-5(2,3)6-4-7/h1-2H2,3H3/q+1. The van der Waals surface area contributed by atoms with Crippen molar-refractivity contribution in [3.8, 4) is 0 Å². The maximum Gasteiger partial charge on any atom is 0.239 e. The normalized spacial score (nSPS) is 10.0. The van der Waals surface area contributed by atoms with Crippen LogP contribution in [0.25, 0.3) is 0 Å². The predicted molar refractivity (Wildman–Crippen MR) is 27.2 cm³/mol. The second kappa shape index (κ2) is 1.80. The van der Waals surface area contributed by atoms with Gasteiger partial charge in [0, 0.05) is 13.8 Å². The van der Waals surface area contributed by atoms with Crippen LogP contribution in [0.2, 0.25) is 0 Å². The van der Waals surface area contributed by atoms with Crippen LogP contribution in [-0.4, -0.2) is 11.6 Å². The molecule has 0 fully saturated rings. The molecule has 0 rings (SSSR count). The zero-order chi connectivity index (χ0) is 5.91. The Kier molecular flexibility index (Phi) is 1.61. The summed E-state index contributed by atoms with van der Waals surface area (Å²) < 4.78 is 0. The number of nitrogens with zero attached hydrogens (tertiary/aromatic N) is 1. The highest BCUT2D eigenvalue weighted by Crippen LogP contribution is 2.01. The van der Waals surface area contributed by atoms with Gasteiger partial charge in [0.1, 0.15) is 0 Å². The van der Waals surface area contributed by atoms with E-state index in [9.17, 15) is 4.79 Å². The Bertz CT molecular complexity index is 95.1. The molecule has 7 heavy (non-hydrogen) atoms. The van der Waals surface area contributed by atoms with Gasteiger partial charge >= 0.3 is 0 Å². The smallest absolute Gasteiger partial charge is 0.211 e. The van der Waals surface area contributed by atoms with Crippen molar-refractivity contribution in [2.45, 2.75) is 12.5 Å². The third-order valence-electron chi connectivity index (χ3n) is 0.316. The lowest BCUT2D eigenvalue weighted by molar-refractivity contribution is 0.556. The van der Waals surface area contributed by atoms with Crippen LogP contribution in [0.3, 0.4) is 0 Å². The molecule has 0 atom stereocenters. The lowest BCUT2D eigenvalue weighted by atomic mass is 10.1. The Balaban J connectivity index is 3.80. The summed E-state index contributed by atoms with van der Waals surface area (Å²) in [6.07, 6.45) is 1.36. The summed E-state index contributed by atoms with van der Waals surface area (Å²) in [4.78, 5) is 12.7. The summed E-state index contributed by atoms with van der Waals surface area (Å²) in [5, 5.41) is 0. The number of hydrogen-bond acceptors (Lipinski definition) is 2. The Morgan fingerprint density at radius 2 is 2.43 bits per heavy atom. The van der Waals surface area contributed by atoms with Crippen molar-refractivity contribution < 1.29 is 4.79 Å². The summed E-state index contributed by atoms with van der Waals surface area (Å²) in [6, 6.07) is 0. The van der Waals surface area contributed by atoms with Crippen LogP contribution in [0, 0.1) is 13.8 Å². The predicted octanol–water partition coefficient (Wildman–Crippen LogP) is 0.749. The minimum Gasteiger partial charge on any atom is -0.211 e. The Morgan fingerprint density at radius 1 is 2.00 bits per heavy atom. The number of aliphatic imine (C=N–C) groups is 1. The lowest BCUT2D eigenvalue weighted by Gasteiger charge is -1.95. The van der Waals surface area contributed by atoms with E-state index in [1.54, 1.807) is 6.92 Å². The first-order valence-corrected chi connectivity index (χ1v) is 1.86. The molecule has 2 nitrogen and oxygen atoms in total. The fourth-order valence-electron chi connectivity index (χ4n) is 0.110. The Morgan fingerprint density at radius 3 is 2.43 bits per heavy atom. The van der Waals surface area contributed by atoms with Crippen LogP contribution in [0.4, 0.5) is 0 Å². The Hall–Kier alpha value is -0.750. The molecule has 0 bridgehead atoms. The van der Waals surface area contributed by atoms with Gasteiger partial charge in [0.25, 0.3) is 0 Å². The highest BCUT2D eigenvalue weighted by molar-refractivity contribution is 5.35. The van der Waals surface area contributed by atoms with E-state index in [4.69, 9.17) is 0 Å². The van der Waals surface area contributed by atoms with Gasteiger partial charge in [-0.25, -0.2) is 4.79 Å². The first-order valence-electron chi connectivity index (χ1n) is 1.86. The molecule has 37 valence electrons. The van der Waals surface area contributed by atoms with E-state index in [1.807, 2.05) is 0 Å². The average molecular weight is 97.1 g/mol. The van der Waals surface area contributed by atoms with Crippen molar-refractivity contribution in [1.82, 2.24) is 0 Å². The molecule has 0 aliphatic heterocycles. The van der Waals surface area contributed by atoms with Crippen LogP contribution >= 0.6 is 0 Å². The molecule has 2 heteroatoms. The van der Waals surface area contributed by atoms with E-state index in [2.05, 4.69) is 18.8 Å². The van der Waals surface area contributed by atoms with E-state index in [0.29, 0.717) is 0 Å². The van der Waals surface area contributed by atoms with E-state index >= 15 is 0 Å². The van der Waals surface area contributed by atoms with Gasteiger partial charge in [-0.15, -0.1) is 0 Å². The van der Waals surface area contributed by atoms with Crippen LogP contribution in [0.1, 0.15) is 6.92 Å². The summed E-state index contributed by atoms with van der Waals surface area (Å²) in [5.41, 5.74) is -0.748. The van der Waals surface area contributed by atoms with Crippen LogP contribution in [0.15, 0.2) is 4.99 Å². The first-order chi connectivity index (χ1) is 3.06. The molecule has 0 aliphatic rings. The van der Waals surface area contributed by atoms with Gasteiger partial charge < -0.3 is 0 Å². The van der Waals surface area contributed by atoms with E-state index in [1.165, 1.54) is 6.08 Å². The monoisotopic (exact) mass is 97.1 g/mol. The molecule has 1 radical (unpaired) electrons. The number of rotatable bonds is 1. The fraction of sp³-hybridized carbons (Fsp3) is 0.400. The highest BCUT2D eigenvalue weighted by Gasteiger charge is 2.14. The highest BCUT2D eigenvalue weighted by atomic mass is 16.1. The van der Waals surface area contributed by atoms with Crippen molar-refractivity contribution in [3.63, 3.8) is 0 Å². The zero-order valence-corrected chi connectivity index (χ0v) is 4.27. The van der Waals surface area contributed by atoms with Crippen molar-refractivity contribution in [2.75, 3.05) is 0 Å². The van der Waals surface area contributed by atoms with Gasteiger partial charge in [0.05, 0.1) is 6.92 Å². The molecule has 0 amide bonds. The van der Waals surface area contributed by atoms with Gasteiger partial charge in [-0.05, 0) is 0 Å². The van der Waals surface area contributed by atoms with E-state index < -0.39 is 5.54 Å². The molecule has 0 spiro atoms. The molecule has 0 aromatic carbocycles. The van der Waals surface area contributed by atoms with Gasteiger partial charge in [-0.1, -0.05) is 0 Å². The molecule has 0 aliphatic carbocycles. The van der Waals surface area contributed by atoms with Crippen LogP contribution in [-0.2, 0) is 4.79 Å². The summed E-state index contributed by atoms with van der Waals surface area (Å²) in [7, 11) is 0. The number of isocyanates is 1. The molecular weight excluding hydrogens is 90.1 g/mol. The van der Waals surface area contributed by atoms with Crippen molar-refractivity contribution >= 4 is 6.08 Å². The van der Waals surface area contributed by atoms with Gasteiger partial charge in [-0.2, -0.15) is 4.99 Å². The van der Waals surface area contributed by atoms with Crippen molar-refractivity contribution in [1.29, 1.82) is 0 Å². The molecule has 0 saturated heterocycles. The second-order valence-electron chi connectivity index (χ2n) is 1.70. The van der Waals surface area contributed by atoms with E-state index in [0.717, 1.165) is 0 Å². The van der Waals surface area contributed by atoms with Crippen molar-refractivity contribution in [2.24, 2.45) is 4.99 Å². The van der Waals surface area contributed by atoms with Crippen LogP contribution < -0.4 is 0 Å². The maximum atomic E-state index is 9.45. The molecule has 0 N–H and O–H groups in total. The third-order valence-corrected chi connectivity index (χ3v) is 0.316. The largest absolute Gasteiger partial charge is 0.239 e. The second-order valence-corrected chi connectivity index (χ2v) is 1.70. The minimum atomic E-state index is -0.748. The average Bonchev–Trinajstić information content (AvgIpc) is 1.30. The summed E-state index contributed by atoms with van der Waals surface area (Å²) >= 11 is 0. The van der Waals surface area contributed by atoms with Crippen LogP contribution in [0.5, 0.6) is 0 Å². The fourth-order valence-corrected chi connectivity index (χ4v) is 0.110. The third kappa shape index (κ3) is 5.25. The molecule has 0 heterocycles. The summed E-state index contributed by atoms with van der Waals surface area (Å²) in [5.74, 6) is 0.